The molecular formula is C7H4BrN3O. The number of halogens is 1. The van der Waals surface area contributed by atoms with E-state index >= 15 is 0 Å². The molecule has 0 saturated heterocycles. The molecule has 0 aromatic heterocycles. The van der Waals surface area contributed by atoms with E-state index < -0.39 is 5.92 Å². The van der Waals surface area contributed by atoms with E-state index in [0.29, 0.717) is 5.84 Å². The van der Waals surface area contributed by atoms with Crippen LogP contribution in [0.1, 0.15) is 0 Å². The Morgan fingerprint density at radius 3 is 3.08 bits per heavy atom. The van der Waals surface area contributed by atoms with E-state index in [1.165, 1.54) is 6.34 Å². The van der Waals surface area contributed by atoms with Crippen molar-refractivity contribution >= 4 is 40.2 Å². The van der Waals surface area contributed by atoms with Crippen LogP contribution < -0.4 is 0 Å². The lowest BCUT2D eigenvalue weighted by Gasteiger charge is -2.13. The highest BCUT2D eigenvalue weighted by molar-refractivity contribution is 9.12. The smallest absolute Gasteiger partial charge is 0.261 e. The normalized spacial score (nSPS) is 26.4. The Kier molecular flexibility index (Phi) is 1.73. The first kappa shape index (κ1) is 7.54. The molecule has 4 nitrogen and oxygen atoms in total. The number of allylic oxidation sites excluding steroid dienone is 1. The van der Waals surface area contributed by atoms with Gasteiger partial charge in [0.25, 0.3) is 5.91 Å². The summed E-state index contributed by atoms with van der Waals surface area (Å²) >= 11 is 3.23. The highest BCUT2D eigenvalue weighted by Gasteiger charge is 2.25. The van der Waals surface area contributed by atoms with Gasteiger partial charge in [-0.05, 0) is 22.0 Å². The quantitative estimate of drug-likeness (QED) is 0.606. The third kappa shape index (κ3) is 1.16. The molecule has 0 fully saturated rings. The summed E-state index contributed by atoms with van der Waals surface area (Å²) in [6.07, 6.45) is 4.59. The average molecular weight is 226 g/mol. The molecule has 2 rings (SSSR count). The van der Waals surface area contributed by atoms with E-state index in [1.807, 2.05) is 0 Å². The van der Waals surface area contributed by atoms with Gasteiger partial charge in [0.2, 0.25) is 0 Å². The molecule has 0 aromatic carbocycles. The summed E-state index contributed by atoms with van der Waals surface area (Å²) in [4.78, 5) is 22.6. The van der Waals surface area contributed by atoms with E-state index in [1.54, 1.807) is 12.3 Å². The molecule has 1 unspecified atom stereocenters. The molecule has 60 valence electrons. The van der Waals surface area contributed by atoms with Crippen molar-refractivity contribution in [3.8, 4) is 0 Å². The summed E-state index contributed by atoms with van der Waals surface area (Å²) in [5.74, 6) is -0.0959. The number of carbonyl (C=O) groups excluding carboxylic acids is 1. The average Bonchev–Trinajstić information content (AvgIpc) is 2.07. The minimum atomic E-state index is -0.394. The zero-order chi connectivity index (χ0) is 8.55. The second-order valence-electron chi connectivity index (χ2n) is 2.36. The first-order chi connectivity index (χ1) is 5.77. The molecule has 5 heteroatoms. The molecular weight excluding hydrogens is 222 g/mol. The SMILES string of the molecule is O=C1N=CN=C2N=CC(Br)=CC12. The fourth-order valence-electron chi connectivity index (χ4n) is 1.01. The Bertz CT molecular complexity index is 354. The van der Waals surface area contributed by atoms with Gasteiger partial charge in [-0.3, -0.25) is 4.79 Å². The lowest BCUT2D eigenvalue weighted by Crippen LogP contribution is -2.25. The second kappa shape index (κ2) is 2.75. The minimum absolute atomic E-state index is 0.214. The van der Waals surface area contributed by atoms with Crippen molar-refractivity contribution in [1.82, 2.24) is 0 Å². The van der Waals surface area contributed by atoms with Gasteiger partial charge >= 0.3 is 0 Å². The zero-order valence-electron chi connectivity index (χ0n) is 5.94. The van der Waals surface area contributed by atoms with Crippen LogP contribution in [0.5, 0.6) is 0 Å². The predicted octanol–water partition coefficient (Wildman–Crippen LogP) is 0.933. The van der Waals surface area contributed by atoms with Crippen molar-refractivity contribution in [2.75, 3.05) is 0 Å². The van der Waals surface area contributed by atoms with Crippen LogP contribution in [-0.2, 0) is 4.79 Å². The summed E-state index contributed by atoms with van der Waals surface area (Å²) in [7, 11) is 0. The van der Waals surface area contributed by atoms with Crippen molar-refractivity contribution < 1.29 is 4.79 Å². The third-order valence-corrected chi connectivity index (χ3v) is 2.03. The van der Waals surface area contributed by atoms with Gasteiger partial charge in [0.05, 0.1) is 0 Å². The summed E-state index contributed by atoms with van der Waals surface area (Å²) in [5, 5.41) is 0. The first-order valence-electron chi connectivity index (χ1n) is 3.33. The Hall–Kier alpha value is -1.10. The largest absolute Gasteiger partial charge is 0.271 e. The maximum absolute atomic E-state index is 11.2. The molecule has 12 heavy (non-hydrogen) atoms. The van der Waals surface area contributed by atoms with Crippen LogP contribution in [0.4, 0.5) is 0 Å². The first-order valence-corrected chi connectivity index (χ1v) is 4.12. The van der Waals surface area contributed by atoms with E-state index in [-0.39, 0.29) is 5.91 Å². The molecule has 0 radical (unpaired) electrons. The number of dihydropyridines is 1. The molecule has 0 aromatic rings. The fraction of sp³-hybridized carbons (Fsp3) is 0.143. The fourth-order valence-corrected chi connectivity index (χ4v) is 1.37. The molecule has 0 bridgehead atoms. The maximum Gasteiger partial charge on any atom is 0.261 e. The van der Waals surface area contributed by atoms with E-state index in [4.69, 9.17) is 0 Å². The highest BCUT2D eigenvalue weighted by Crippen LogP contribution is 2.18. The number of hydrogen-bond acceptors (Lipinski definition) is 3. The third-order valence-electron chi connectivity index (χ3n) is 1.57. The summed E-state index contributed by atoms with van der Waals surface area (Å²) < 4.78 is 0.789. The van der Waals surface area contributed by atoms with Crippen LogP contribution in [-0.4, -0.2) is 24.3 Å². The minimum Gasteiger partial charge on any atom is -0.271 e. The monoisotopic (exact) mass is 225 g/mol. The molecule has 0 N–H and O–H groups in total. The van der Waals surface area contributed by atoms with Crippen LogP contribution in [0.25, 0.3) is 0 Å². The van der Waals surface area contributed by atoms with Crippen molar-refractivity contribution in [1.29, 1.82) is 0 Å². The van der Waals surface area contributed by atoms with Gasteiger partial charge in [-0.15, -0.1) is 0 Å². The standard InChI is InChI=1S/C7H4BrN3O/c8-4-1-5-6(9-2-4)10-3-11-7(5)12/h1-3,5H. The van der Waals surface area contributed by atoms with Gasteiger partial charge in [0, 0.05) is 10.7 Å². The van der Waals surface area contributed by atoms with Crippen LogP contribution in [0.3, 0.4) is 0 Å². The summed E-state index contributed by atoms with van der Waals surface area (Å²) in [6, 6.07) is 0. The van der Waals surface area contributed by atoms with Gasteiger partial charge in [-0.25, -0.2) is 15.0 Å². The number of rotatable bonds is 0. The number of fused-ring (bicyclic) bond motifs is 1. The van der Waals surface area contributed by atoms with Gasteiger partial charge in [-0.2, -0.15) is 0 Å². The van der Waals surface area contributed by atoms with Crippen LogP contribution in [0, 0.1) is 5.92 Å². The summed E-state index contributed by atoms with van der Waals surface area (Å²) in [5.41, 5.74) is 0. The number of carbonyl (C=O) groups is 1. The molecule has 0 saturated carbocycles. The van der Waals surface area contributed by atoms with E-state index in [9.17, 15) is 4.79 Å². The number of nitrogens with zero attached hydrogens (tertiary/aromatic N) is 3. The number of amidine groups is 1. The Morgan fingerprint density at radius 2 is 2.25 bits per heavy atom. The van der Waals surface area contributed by atoms with Gasteiger partial charge < -0.3 is 0 Å². The molecule has 1 atom stereocenters. The Labute approximate surface area is 76.9 Å². The van der Waals surface area contributed by atoms with Crippen molar-refractivity contribution in [3.63, 3.8) is 0 Å². The second-order valence-corrected chi connectivity index (χ2v) is 3.27. The number of amides is 1. The van der Waals surface area contributed by atoms with Gasteiger partial charge in [-0.1, -0.05) is 0 Å². The topological polar surface area (TPSA) is 54.1 Å². The van der Waals surface area contributed by atoms with Gasteiger partial charge in [0.1, 0.15) is 18.1 Å². The zero-order valence-corrected chi connectivity index (χ0v) is 7.52. The molecule has 0 spiro atoms. The molecule has 1 amide bonds. The molecule has 0 aliphatic carbocycles. The highest BCUT2D eigenvalue weighted by atomic mass is 79.9. The molecule has 2 heterocycles. The number of aliphatic imine (C=N–C) groups is 3. The lowest BCUT2D eigenvalue weighted by atomic mass is 10.1. The van der Waals surface area contributed by atoms with Crippen molar-refractivity contribution in [2.24, 2.45) is 20.9 Å². The van der Waals surface area contributed by atoms with Crippen molar-refractivity contribution in [2.45, 2.75) is 0 Å². The maximum atomic E-state index is 11.2. The molecule has 2 aliphatic heterocycles. The van der Waals surface area contributed by atoms with Gasteiger partial charge in [0.15, 0.2) is 0 Å². The Morgan fingerprint density at radius 1 is 1.42 bits per heavy atom. The van der Waals surface area contributed by atoms with Crippen LogP contribution >= 0.6 is 15.9 Å². The predicted molar refractivity (Wildman–Crippen MR) is 49.9 cm³/mol. The van der Waals surface area contributed by atoms with Crippen LogP contribution in [0.2, 0.25) is 0 Å². The van der Waals surface area contributed by atoms with Crippen LogP contribution in [0.15, 0.2) is 25.5 Å². The summed E-state index contributed by atoms with van der Waals surface area (Å²) in [6.45, 7) is 0. The lowest BCUT2D eigenvalue weighted by molar-refractivity contribution is -0.118. The van der Waals surface area contributed by atoms with Crippen molar-refractivity contribution in [3.05, 3.63) is 10.6 Å². The molecule has 2 aliphatic rings. The van der Waals surface area contributed by atoms with E-state index in [0.717, 1.165) is 4.48 Å². The Balaban J connectivity index is 2.43. The van der Waals surface area contributed by atoms with E-state index in [2.05, 4.69) is 30.9 Å². The number of hydrogen-bond donors (Lipinski definition) is 0.